The van der Waals surface area contributed by atoms with Crippen molar-refractivity contribution in [2.45, 2.75) is 57.4 Å². The molecular formula is C17H22F3IO3S. The molecule has 1 rings (SSSR count). The zero-order valence-corrected chi connectivity index (χ0v) is 17.0. The van der Waals surface area contributed by atoms with Crippen molar-refractivity contribution in [3.8, 4) is 9.85 Å². The minimum absolute atomic E-state index is 0.0664. The molecule has 0 N–H and O–H groups in total. The number of hydrogen-bond acceptors (Lipinski definition) is 3. The lowest BCUT2D eigenvalue weighted by Crippen LogP contribution is -3.59. The van der Waals surface area contributed by atoms with E-state index in [1.54, 1.807) is 0 Å². The van der Waals surface area contributed by atoms with E-state index in [1.165, 1.54) is 42.1 Å². The van der Waals surface area contributed by atoms with Gasteiger partial charge >= 0.3 is 26.7 Å². The van der Waals surface area contributed by atoms with Gasteiger partial charge in [-0.3, -0.25) is 0 Å². The predicted octanol–water partition coefficient (Wildman–Crippen LogP) is 1.71. The molecule has 0 bridgehead atoms. The lowest BCUT2D eigenvalue weighted by Gasteiger charge is -2.08. The second-order valence-electron chi connectivity index (χ2n) is 5.08. The summed E-state index contributed by atoms with van der Waals surface area (Å²) in [5.41, 5.74) is -5.65. The van der Waals surface area contributed by atoms with Crippen molar-refractivity contribution in [2.24, 2.45) is 0 Å². The molecule has 0 unspecified atom stereocenters. The van der Waals surface area contributed by atoms with Gasteiger partial charge in [-0.25, -0.2) is 8.42 Å². The van der Waals surface area contributed by atoms with E-state index in [4.69, 9.17) is 13.0 Å². The van der Waals surface area contributed by atoms with E-state index in [-0.39, 0.29) is 21.2 Å². The zero-order valence-electron chi connectivity index (χ0n) is 14.0. The van der Waals surface area contributed by atoms with Crippen LogP contribution in [0.25, 0.3) is 0 Å². The molecular weight excluding hydrogens is 468 g/mol. The van der Waals surface area contributed by atoms with Gasteiger partial charge in [0.15, 0.2) is 14.0 Å². The highest BCUT2D eigenvalue weighted by atomic mass is 127. The SMILES string of the molecule is CCCCCCCCC#C[I+]c1ccccc1.O=S(=O)([O-])C(F)(F)F. The second-order valence-corrected chi connectivity index (χ2v) is 8.77. The standard InChI is InChI=1S/C16H22I.CHF3O3S/c1-2-3-4-5-6-7-8-12-15-17-16-13-10-9-11-14-16;2-1(3,4)8(5,6)7/h9-11,13-14H,2-8H2,1H3;(H,5,6,7)/q+1;/p-1. The second kappa shape index (κ2) is 13.4. The van der Waals surface area contributed by atoms with E-state index in [1.807, 2.05) is 0 Å². The molecule has 1 aromatic rings. The topological polar surface area (TPSA) is 57.2 Å². The average molecular weight is 490 g/mol. The Balaban J connectivity index is 0.000000609. The van der Waals surface area contributed by atoms with Crippen LogP contribution in [0.2, 0.25) is 0 Å². The maximum atomic E-state index is 10.7. The Morgan fingerprint density at radius 2 is 1.56 bits per heavy atom. The quantitative estimate of drug-likeness (QED) is 0.192. The van der Waals surface area contributed by atoms with Crippen LogP contribution in [0.5, 0.6) is 0 Å². The summed E-state index contributed by atoms with van der Waals surface area (Å²) in [5, 5.41) is 0. The van der Waals surface area contributed by atoms with Gasteiger partial charge in [-0.15, -0.1) is 0 Å². The summed E-state index contributed by atoms with van der Waals surface area (Å²) in [6.07, 6.45) is 9.27. The minimum atomic E-state index is -6.09. The number of alkyl halides is 3. The highest BCUT2D eigenvalue weighted by Gasteiger charge is 2.36. The molecule has 142 valence electrons. The molecule has 0 aliphatic heterocycles. The molecule has 0 spiro atoms. The van der Waals surface area contributed by atoms with Crippen LogP contribution in [0.3, 0.4) is 0 Å². The maximum Gasteiger partial charge on any atom is 0.485 e. The van der Waals surface area contributed by atoms with E-state index < -0.39 is 15.6 Å². The van der Waals surface area contributed by atoms with Crippen LogP contribution >= 0.6 is 0 Å². The molecule has 0 amide bonds. The summed E-state index contributed by atoms with van der Waals surface area (Å²) in [6.45, 7) is 2.26. The Morgan fingerprint density at radius 1 is 1.04 bits per heavy atom. The molecule has 0 saturated heterocycles. The molecule has 8 heteroatoms. The van der Waals surface area contributed by atoms with Crippen LogP contribution in [-0.4, -0.2) is 18.5 Å². The van der Waals surface area contributed by atoms with Gasteiger partial charge in [0.25, 0.3) is 0 Å². The van der Waals surface area contributed by atoms with Gasteiger partial charge in [0.05, 0.1) is 0 Å². The number of halogens is 4. The maximum absolute atomic E-state index is 10.7. The fraction of sp³-hybridized carbons (Fsp3) is 0.529. The smallest absolute Gasteiger partial charge is 0.485 e. The average Bonchev–Trinajstić information content (AvgIpc) is 2.53. The van der Waals surface area contributed by atoms with Crippen molar-refractivity contribution >= 4 is 10.1 Å². The third-order valence-electron chi connectivity index (χ3n) is 2.90. The summed E-state index contributed by atoms with van der Waals surface area (Å²) in [4.78, 5) is 0. The number of hydrogen-bond donors (Lipinski definition) is 0. The van der Waals surface area contributed by atoms with Gasteiger partial charge in [-0.2, -0.15) is 13.2 Å². The fourth-order valence-electron chi connectivity index (χ4n) is 1.61. The highest BCUT2D eigenvalue weighted by Crippen LogP contribution is 2.20. The highest BCUT2D eigenvalue weighted by molar-refractivity contribution is 7.86. The van der Waals surface area contributed by atoms with Gasteiger partial charge in [0, 0.05) is 6.42 Å². The van der Waals surface area contributed by atoms with Crippen LogP contribution in [0.4, 0.5) is 13.2 Å². The molecule has 0 heterocycles. The van der Waals surface area contributed by atoms with Crippen LogP contribution < -0.4 is 21.2 Å². The zero-order chi connectivity index (χ0) is 19.2. The van der Waals surface area contributed by atoms with E-state index in [0.29, 0.717) is 0 Å². The van der Waals surface area contributed by atoms with E-state index >= 15 is 0 Å². The Labute approximate surface area is 158 Å². The monoisotopic (exact) mass is 490 g/mol. The number of benzene rings is 1. The molecule has 0 radical (unpaired) electrons. The predicted molar refractivity (Wildman–Crippen MR) is 86.7 cm³/mol. The molecule has 0 atom stereocenters. The largest absolute Gasteiger partial charge is 0.741 e. The Hall–Kier alpha value is -0.790. The van der Waals surface area contributed by atoms with Crippen molar-refractivity contribution < 1.29 is 47.3 Å². The van der Waals surface area contributed by atoms with E-state index in [2.05, 4.69) is 47.1 Å². The van der Waals surface area contributed by atoms with E-state index in [9.17, 15) is 13.2 Å². The molecule has 0 fully saturated rings. The summed E-state index contributed by atoms with van der Waals surface area (Å²) in [6, 6.07) is 10.6. The first kappa shape index (κ1) is 24.2. The molecule has 0 aromatic heterocycles. The normalized spacial score (nSPS) is 11.1. The number of rotatable bonds is 7. The van der Waals surface area contributed by atoms with Crippen molar-refractivity contribution in [1.82, 2.24) is 0 Å². The third-order valence-corrected chi connectivity index (χ3v) is 5.46. The number of unbranched alkanes of at least 4 members (excludes halogenated alkanes) is 6. The van der Waals surface area contributed by atoms with Gasteiger partial charge in [-0.05, 0) is 24.5 Å². The molecule has 25 heavy (non-hydrogen) atoms. The first-order valence-corrected chi connectivity index (χ1v) is 11.4. The first-order chi connectivity index (χ1) is 11.7. The van der Waals surface area contributed by atoms with Crippen molar-refractivity contribution in [1.29, 1.82) is 0 Å². The summed E-state index contributed by atoms with van der Waals surface area (Å²) in [5.74, 6) is 3.32. The summed E-state index contributed by atoms with van der Waals surface area (Å²) >= 11 is -0.0664. The Bertz CT molecular complexity index is 620. The van der Waals surface area contributed by atoms with Gasteiger partial charge < -0.3 is 4.55 Å². The Kier molecular flexibility index (Phi) is 13.0. The minimum Gasteiger partial charge on any atom is -0.741 e. The molecule has 0 aliphatic rings. The van der Waals surface area contributed by atoms with Crippen LogP contribution in [-0.2, 0) is 10.1 Å². The van der Waals surface area contributed by atoms with Crippen molar-refractivity contribution in [2.75, 3.05) is 0 Å². The molecule has 1 aromatic carbocycles. The van der Waals surface area contributed by atoms with Gasteiger partial charge in [0.2, 0.25) is 3.57 Å². The first-order valence-electron chi connectivity index (χ1n) is 7.87. The lowest BCUT2D eigenvalue weighted by molar-refractivity contribution is -0.535. The molecule has 3 nitrogen and oxygen atoms in total. The lowest BCUT2D eigenvalue weighted by atomic mass is 10.1. The van der Waals surface area contributed by atoms with Crippen molar-refractivity contribution in [3.63, 3.8) is 0 Å². The fourth-order valence-corrected chi connectivity index (χ4v) is 3.15. The summed E-state index contributed by atoms with van der Waals surface area (Å²) in [7, 11) is -6.09. The van der Waals surface area contributed by atoms with Crippen LogP contribution in [0.15, 0.2) is 30.3 Å². The van der Waals surface area contributed by atoms with Gasteiger partial charge in [0.1, 0.15) is 0 Å². The van der Waals surface area contributed by atoms with Gasteiger partial charge in [-0.1, -0.05) is 57.2 Å². The van der Waals surface area contributed by atoms with Crippen molar-refractivity contribution in [3.05, 3.63) is 33.9 Å². The Morgan fingerprint density at radius 3 is 2.08 bits per heavy atom. The molecule has 0 saturated carbocycles. The van der Waals surface area contributed by atoms with Crippen LogP contribution in [0, 0.1) is 13.4 Å². The third kappa shape index (κ3) is 14.1. The summed E-state index contributed by atoms with van der Waals surface area (Å²) < 4.78 is 63.7. The van der Waals surface area contributed by atoms with E-state index in [0.717, 1.165) is 6.42 Å². The molecule has 0 aliphatic carbocycles. The van der Waals surface area contributed by atoms with Crippen LogP contribution in [0.1, 0.15) is 51.9 Å².